The molecule has 1 aliphatic heterocycles. The number of methoxy groups -OCH3 is 1. The molecule has 1 fully saturated rings. The summed E-state index contributed by atoms with van der Waals surface area (Å²) in [4.78, 5) is 4.31. The van der Waals surface area contributed by atoms with E-state index in [4.69, 9.17) is 14.2 Å². The largest absolute Gasteiger partial charge is 0.494 e. The van der Waals surface area contributed by atoms with E-state index in [-0.39, 0.29) is 29.6 Å². The maximum Gasteiger partial charge on any atom is 0.191 e. The zero-order valence-corrected chi connectivity index (χ0v) is 18.6. The fourth-order valence-electron chi connectivity index (χ4n) is 2.94. The zero-order valence-electron chi connectivity index (χ0n) is 16.3. The summed E-state index contributed by atoms with van der Waals surface area (Å²) < 4.78 is 16.9. The molecule has 0 saturated carbocycles. The SMILES string of the molecule is CCOc1cc(C)ccc1CNC(=NC)NCC1(OC)CCOCC1.I. The number of halogens is 1. The molecule has 1 aromatic carbocycles. The summed E-state index contributed by atoms with van der Waals surface area (Å²) in [7, 11) is 3.54. The van der Waals surface area contributed by atoms with Gasteiger partial charge in [0.1, 0.15) is 5.75 Å². The molecule has 0 atom stereocenters. The fraction of sp³-hybridized carbons (Fsp3) is 0.632. The number of hydrogen-bond acceptors (Lipinski definition) is 4. The first kappa shape index (κ1) is 23.0. The molecule has 0 unspecified atom stereocenters. The lowest BCUT2D eigenvalue weighted by Gasteiger charge is -2.36. The van der Waals surface area contributed by atoms with Gasteiger partial charge in [0.25, 0.3) is 0 Å². The molecule has 148 valence electrons. The van der Waals surface area contributed by atoms with Crippen LogP contribution in [0.3, 0.4) is 0 Å². The second-order valence-corrected chi connectivity index (χ2v) is 6.32. The molecule has 0 spiro atoms. The van der Waals surface area contributed by atoms with Crippen LogP contribution < -0.4 is 15.4 Å². The van der Waals surface area contributed by atoms with Crippen molar-refractivity contribution >= 4 is 29.9 Å². The van der Waals surface area contributed by atoms with Gasteiger partial charge in [-0.25, -0.2) is 0 Å². The molecular weight excluding hydrogens is 445 g/mol. The molecule has 1 heterocycles. The van der Waals surface area contributed by atoms with Gasteiger partial charge in [-0.2, -0.15) is 0 Å². The van der Waals surface area contributed by atoms with Crippen LogP contribution in [0.1, 0.15) is 30.9 Å². The van der Waals surface area contributed by atoms with Gasteiger partial charge < -0.3 is 24.8 Å². The van der Waals surface area contributed by atoms with Gasteiger partial charge in [0, 0.05) is 58.9 Å². The Bertz CT molecular complexity index is 575. The molecule has 1 aromatic rings. The first-order valence-electron chi connectivity index (χ1n) is 8.92. The maximum absolute atomic E-state index is 5.76. The van der Waals surface area contributed by atoms with Crippen LogP contribution in [0.25, 0.3) is 0 Å². The minimum Gasteiger partial charge on any atom is -0.494 e. The summed E-state index contributed by atoms with van der Waals surface area (Å²) in [5.74, 6) is 1.68. The number of benzene rings is 1. The summed E-state index contributed by atoms with van der Waals surface area (Å²) in [5, 5.41) is 6.74. The first-order valence-corrected chi connectivity index (χ1v) is 8.92. The summed E-state index contributed by atoms with van der Waals surface area (Å²) >= 11 is 0. The highest BCUT2D eigenvalue weighted by Gasteiger charge is 2.32. The van der Waals surface area contributed by atoms with Crippen molar-refractivity contribution in [1.82, 2.24) is 10.6 Å². The van der Waals surface area contributed by atoms with Crippen LogP contribution in [0.4, 0.5) is 0 Å². The fourth-order valence-corrected chi connectivity index (χ4v) is 2.94. The van der Waals surface area contributed by atoms with Crippen LogP contribution in [0.15, 0.2) is 23.2 Å². The van der Waals surface area contributed by atoms with Crippen LogP contribution in [-0.2, 0) is 16.0 Å². The van der Waals surface area contributed by atoms with E-state index in [0.717, 1.165) is 43.3 Å². The van der Waals surface area contributed by atoms with Crippen molar-refractivity contribution in [2.24, 2.45) is 4.99 Å². The Morgan fingerprint density at radius 1 is 1.27 bits per heavy atom. The third kappa shape index (κ3) is 6.59. The van der Waals surface area contributed by atoms with Crippen LogP contribution in [0.5, 0.6) is 5.75 Å². The number of nitrogens with one attached hydrogen (secondary N) is 2. The van der Waals surface area contributed by atoms with Gasteiger partial charge in [0.05, 0.1) is 12.2 Å². The van der Waals surface area contributed by atoms with E-state index in [9.17, 15) is 0 Å². The molecule has 1 aliphatic rings. The number of rotatable bonds is 7. The quantitative estimate of drug-likeness (QED) is 0.359. The number of guanidine groups is 1. The molecule has 0 aliphatic carbocycles. The van der Waals surface area contributed by atoms with Crippen molar-refractivity contribution in [3.05, 3.63) is 29.3 Å². The highest BCUT2D eigenvalue weighted by atomic mass is 127. The van der Waals surface area contributed by atoms with Crippen molar-refractivity contribution in [1.29, 1.82) is 0 Å². The molecule has 0 aromatic heterocycles. The monoisotopic (exact) mass is 477 g/mol. The highest BCUT2D eigenvalue weighted by molar-refractivity contribution is 14.0. The van der Waals surface area contributed by atoms with Gasteiger partial charge >= 0.3 is 0 Å². The maximum atomic E-state index is 5.76. The second kappa shape index (κ2) is 11.6. The number of hydrogen-bond donors (Lipinski definition) is 2. The van der Waals surface area contributed by atoms with Crippen LogP contribution in [0, 0.1) is 6.92 Å². The van der Waals surface area contributed by atoms with Gasteiger partial charge in [-0.3, -0.25) is 4.99 Å². The summed E-state index contributed by atoms with van der Waals surface area (Å²) in [6.07, 6.45) is 1.78. The van der Waals surface area contributed by atoms with Crippen molar-refractivity contribution < 1.29 is 14.2 Å². The topological polar surface area (TPSA) is 64.1 Å². The number of aryl methyl sites for hydroxylation is 1. The molecule has 1 saturated heterocycles. The van der Waals surface area contributed by atoms with Crippen molar-refractivity contribution in [2.45, 2.75) is 38.8 Å². The third-order valence-electron chi connectivity index (χ3n) is 4.61. The lowest BCUT2D eigenvalue weighted by Crippen LogP contribution is -2.50. The lowest BCUT2D eigenvalue weighted by molar-refractivity contribution is -0.0855. The Balaban J connectivity index is 0.00000338. The summed E-state index contributed by atoms with van der Waals surface area (Å²) in [6, 6.07) is 6.26. The molecule has 0 bridgehead atoms. The Hall–Kier alpha value is -1.06. The van der Waals surface area contributed by atoms with E-state index in [1.165, 1.54) is 5.56 Å². The Kier molecular flexibility index (Phi) is 10.3. The van der Waals surface area contributed by atoms with Gasteiger partial charge in [-0.15, -0.1) is 24.0 Å². The average molecular weight is 477 g/mol. The Morgan fingerprint density at radius 2 is 2.00 bits per heavy atom. The summed E-state index contributed by atoms with van der Waals surface area (Å²) in [5.41, 5.74) is 2.12. The number of aliphatic imine (C=N–C) groups is 1. The van der Waals surface area contributed by atoms with Crippen molar-refractivity contribution in [3.8, 4) is 5.75 Å². The van der Waals surface area contributed by atoms with Gasteiger partial charge in [-0.05, 0) is 25.5 Å². The second-order valence-electron chi connectivity index (χ2n) is 6.32. The van der Waals surface area contributed by atoms with Crippen LogP contribution >= 0.6 is 24.0 Å². The molecule has 2 N–H and O–H groups in total. The van der Waals surface area contributed by atoms with Crippen LogP contribution in [0.2, 0.25) is 0 Å². The molecule has 2 rings (SSSR count). The van der Waals surface area contributed by atoms with E-state index in [2.05, 4.69) is 40.7 Å². The summed E-state index contributed by atoms with van der Waals surface area (Å²) in [6.45, 7) is 7.56. The van der Waals surface area contributed by atoms with E-state index >= 15 is 0 Å². The predicted octanol–water partition coefficient (Wildman–Crippen LogP) is 2.87. The molecule has 0 radical (unpaired) electrons. The third-order valence-corrected chi connectivity index (χ3v) is 4.61. The van der Waals surface area contributed by atoms with E-state index in [1.807, 2.05) is 6.92 Å². The minimum atomic E-state index is -0.184. The average Bonchev–Trinajstić information content (AvgIpc) is 2.64. The normalized spacial score (nSPS) is 16.5. The molecule has 6 nitrogen and oxygen atoms in total. The van der Waals surface area contributed by atoms with Crippen molar-refractivity contribution in [2.75, 3.05) is 40.5 Å². The minimum absolute atomic E-state index is 0. The predicted molar refractivity (Wildman–Crippen MR) is 116 cm³/mol. The smallest absolute Gasteiger partial charge is 0.191 e. The molecule has 0 amide bonds. The van der Waals surface area contributed by atoms with Gasteiger partial charge in [0.15, 0.2) is 5.96 Å². The van der Waals surface area contributed by atoms with Crippen molar-refractivity contribution in [3.63, 3.8) is 0 Å². The van der Waals surface area contributed by atoms with E-state index < -0.39 is 0 Å². The first-order chi connectivity index (χ1) is 12.1. The standard InChI is InChI=1S/C19H31N3O3.HI/c1-5-25-17-12-15(2)6-7-16(17)13-21-18(20-3)22-14-19(23-4)8-10-24-11-9-19;/h6-7,12H,5,8-11,13-14H2,1-4H3,(H2,20,21,22);1H. The molecule has 7 heteroatoms. The molecule has 26 heavy (non-hydrogen) atoms. The number of ether oxygens (including phenoxy) is 3. The lowest BCUT2D eigenvalue weighted by atomic mass is 9.94. The van der Waals surface area contributed by atoms with E-state index in [0.29, 0.717) is 19.7 Å². The highest BCUT2D eigenvalue weighted by Crippen LogP contribution is 2.23. The zero-order chi connectivity index (χ0) is 18.1. The van der Waals surface area contributed by atoms with Gasteiger partial charge in [-0.1, -0.05) is 12.1 Å². The Morgan fingerprint density at radius 3 is 2.62 bits per heavy atom. The Labute approximate surface area is 174 Å². The van der Waals surface area contributed by atoms with E-state index in [1.54, 1.807) is 14.2 Å². The van der Waals surface area contributed by atoms with Crippen LogP contribution in [-0.4, -0.2) is 52.1 Å². The number of nitrogens with zero attached hydrogens (tertiary/aromatic N) is 1. The molecular formula is C19H32IN3O3. The van der Waals surface area contributed by atoms with Gasteiger partial charge in [0.2, 0.25) is 0 Å².